The Kier molecular flexibility index (Phi) is 5.82. The van der Waals surface area contributed by atoms with Crippen LogP contribution in [0.5, 0.6) is 0 Å². The Bertz CT molecular complexity index is 1230. The third kappa shape index (κ3) is 4.27. The minimum Gasteiger partial charge on any atom is -0.467 e. The second-order valence-corrected chi connectivity index (χ2v) is 7.83. The fraction of sp³-hybridized carbons (Fsp3) is 0.261. The Labute approximate surface area is 189 Å². The van der Waals surface area contributed by atoms with Crippen molar-refractivity contribution in [2.75, 3.05) is 5.32 Å². The van der Waals surface area contributed by atoms with Crippen LogP contribution in [0.3, 0.4) is 0 Å². The van der Waals surface area contributed by atoms with Gasteiger partial charge in [0.25, 0.3) is 17.7 Å². The van der Waals surface area contributed by atoms with Crippen LogP contribution in [0, 0.1) is 0 Å². The molecule has 1 aromatic carbocycles. The van der Waals surface area contributed by atoms with Crippen LogP contribution in [0.4, 0.5) is 5.82 Å². The van der Waals surface area contributed by atoms with Crippen LogP contribution in [0.2, 0.25) is 0 Å². The van der Waals surface area contributed by atoms with Crippen molar-refractivity contribution in [1.29, 1.82) is 0 Å². The van der Waals surface area contributed by atoms with E-state index in [4.69, 9.17) is 9.15 Å². The maximum atomic E-state index is 12.7. The SMILES string of the molecule is CC(C)n1nccc1NC(=O)[C@H](C)OC(=O)c1ccc2c(c1)C(=O)N(Cc1ccco1)C2=O. The van der Waals surface area contributed by atoms with Crippen LogP contribution < -0.4 is 5.32 Å². The smallest absolute Gasteiger partial charge is 0.338 e. The first-order chi connectivity index (χ1) is 15.8. The quantitative estimate of drug-likeness (QED) is 0.433. The molecule has 1 atom stereocenters. The van der Waals surface area contributed by atoms with Gasteiger partial charge in [0.2, 0.25) is 0 Å². The number of imide groups is 1. The second kappa shape index (κ2) is 8.73. The molecule has 0 radical (unpaired) electrons. The van der Waals surface area contributed by atoms with Gasteiger partial charge in [-0.2, -0.15) is 5.10 Å². The normalized spacial score (nSPS) is 13.9. The summed E-state index contributed by atoms with van der Waals surface area (Å²) in [4.78, 5) is 51.5. The van der Waals surface area contributed by atoms with Crippen molar-refractivity contribution in [1.82, 2.24) is 14.7 Å². The van der Waals surface area contributed by atoms with E-state index in [1.807, 2.05) is 13.8 Å². The Morgan fingerprint density at radius 3 is 2.55 bits per heavy atom. The molecule has 0 saturated heterocycles. The van der Waals surface area contributed by atoms with E-state index in [1.54, 1.807) is 29.1 Å². The molecule has 0 fully saturated rings. The van der Waals surface area contributed by atoms with E-state index in [0.29, 0.717) is 11.6 Å². The van der Waals surface area contributed by atoms with E-state index in [9.17, 15) is 19.2 Å². The van der Waals surface area contributed by atoms with E-state index in [0.717, 1.165) is 4.90 Å². The average molecular weight is 450 g/mol. The van der Waals surface area contributed by atoms with Crippen LogP contribution in [0.15, 0.2) is 53.3 Å². The number of carbonyl (C=O) groups is 4. The van der Waals surface area contributed by atoms with Gasteiger partial charge in [0, 0.05) is 12.1 Å². The first-order valence-electron chi connectivity index (χ1n) is 10.3. The largest absolute Gasteiger partial charge is 0.467 e. The number of aromatic nitrogens is 2. The first kappa shape index (κ1) is 22.0. The van der Waals surface area contributed by atoms with Gasteiger partial charge in [-0.3, -0.25) is 19.3 Å². The van der Waals surface area contributed by atoms with Crippen LogP contribution in [0.25, 0.3) is 0 Å². The summed E-state index contributed by atoms with van der Waals surface area (Å²) in [5, 5.41) is 6.82. The van der Waals surface area contributed by atoms with Crippen molar-refractivity contribution in [2.24, 2.45) is 0 Å². The van der Waals surface area contributed by atoms with Crippen molar-refractivity contribution in [3.8, 4) is 0 Å². The number of anilines is 1. The number of esters is 1. The molecule has 10 heteroatoms. The van der Waals surface area contributed by atoms with Crippen LogP contribution in [-0.2, 0) is 16.1 Å². The van der Waals surface area contributed by atoms with Gasteiger partial charge >= 0.3 is 5.97 Å². The fourth-order valence-corrected chi connectivity index (χ4v) is 3.45. The highest BCUT2D eigenvalue weighted by atomic mass is 16.5. The van der Waals surface area contributed by atoms with E-state index < -0.39 is 29.8 Å². The number of amides is 3. The van der Waals surface area contributed by atoms with Gasteiger partial charge in [-0.1, -0.05) is 0 Å². The maximum Gasteiger partial charge on any atom is 0.338 e. The average Bonchev–Trinajstić information content (AvgIpc) is 3.51. The van der Waals surface area contributed by atoms with E-state index >= 15 is 0 Å². The molecule has 3 heterocycles. The molecule has 0 bridgehead atoms. The van der Waals surface area contributed by atoms with Gasteiger partial charge in [0.1, 0.15) is 11.6 Å². The number of benzene rings is 1. The van der Waals surface area contributed by atoms with E-state index in [-0.39, 0.29) is 29.3 Å². The molecule has 3 aromatic rings. The number of ether oxygens (including phenoxy) is 1. The van der Waals surface area contributed by atoms with E-state index in [1.165, 1.54) is 31.4 Å². The summed E-state index contributed by atoms with van der Waals surface area (Å²) in [6, 6.07) is 9.10. The van der Waals surface area contributed by atoms with Gasteiger partial charge in [-0.25, -0.2) is 9.48 Å². The lowest BCUT2D eigenvalue weighted by Gasteiger charge is -2.16. The highest BCUT2D eigenvalue weighted by Crippen LogP contribution is 2.26. The Balaban J connectivity index is 1.44. The number of nitrogens with one attached hydrogen (secondary N) is 1. The lowest BCUT2D eigenvalue weighted by molar-refractivity contribution is -0.123. The number of carbonyl (C=O) groups excluding carboxylic acids is 4. The van der Waals surface area contributed by atoms with Crippen LogP contribution in [-0.4, -0.2) is 44.5 Å². The third-order valence-electron chi connectivity index (χ3n) is 5.16. The van der Waals surface area contributed by atoms with Crippen molar-refractivity contribution in [3.05, 3.63) is 71.3 Å². The lowest BCUT2D eigenvalue weighted by atomic mass is 10.1. The summed E-state index contributed by atoms with van der Waals surface area (Å²) in [6.45, 7) is 5.27. The number of hydrogen-bond donors (Lipinski definition) is 1. The van der Waals surface area contributed by atoms with Crippen molar-refractivity contribution in [2.45, 2.75) is 39.5 Å². The van der Waals surface area contributed by atoms with Gasteiger partial charge in [-0.05, 0) is 51.1 Å². The minimum absolute atomic E-state index is 0.0106. The third-order valence-corrected chi connectivity index (χ3v) is 5.16. The van der Waals surface area contributed by atoms with Gasteiger partial charge in [0.05, 0.1) is 35.7 Å². The number of hydrogen-bond acceptors (Lipinski definition) is 7. The molecule has 0 unspecified atom stereocenters. The maximum absolute atomic E-state index is 12.7. The second-order valence-electron chi connectivity index (χ2n) is 7.83. The zero-order valence-corrected chi connectivity index (χ0v) is 18.3. The monoisotopic (exact) mass is 450 g/mol. The first-order valence-corrected chi connectivity index (χ1v) is 10.3. The van der Waals surface area contributed by atoms with Crippen molar-refractivity contribution >= 4 is 29.5 Å². The molecule has 33 heavy (non-hydrogen) atoms. The number of nitrogens with zero attached hydrogens (tertiary/aromatic N) is 3. The summed E-state index contributed by atoms with van der Waals surface area (Å²) in [7, 11) is 0. The molecule has 1 aliphatic rings. The molecule has 0 spiro atoms. The van der Waals surface area contributed by atoms with Crippen molar-refractivity contribution < 1.29 is 28.3 Å². The Morgan fingerprint density at radius 2 is 1.85 bits per heavy atom. The summed E-state index contributed by atoms with van der Waals surface area (Å²) in [5.41, 5.74) is 0.344. The van der Waals surface area contributed by atoms with Gasteiger partial charge in [-0.15, -0.1) is 0 Å². The summed E-state index contributed by atoms with van der Waals surface area (Å²) in [6.07, 6.45) is 1.91. The highest BCUT2D eigenvalue weighted by Gasteiger charge is 2.36. The predicted molar refractivity (Wildman–Crippen MR) is 115 cm³/mol. The molecule has 4 rings (SSSR count). The fourth-order valence-electron chi connectivity index (χ4n) is 3.45. The van der Waals surface area contributed by atoms with Crippen molar-refractivity contribution in [3.63, 3.8) is 0 Å². The molecular formula is C23H22N4O6. The molecule has 2 aromatic heterocycles. The molecule has 170 valence electrons. The van der Waals surface area contributed by atoms with E-state index in [2.05, 4.69) is 10.4 Å². The summed E-state index contributed by atoms with van der Waals surface area (Å²) >= 11 is 0. The zero-order valence-electron chi connectivity index (χ0n) is 18.3. The molecule has 0 aliphatic carbocycles. The molecular weight excluding hydrogens is 428 g/mol. The van der Waals surface area contributed by atoms with Crippen LogP contribution >= 0.6 is 0 Å². The van der Waals surface area contributed by atoms with Crippen LogP contribution in [0.1, 0.15) is 63.6 Å². The highest BCUT2D eigenvalue weighted by molar-refractivity contribution is 6.21. The zero-order chi connectivity index (χ0) is 23.7. The Morgan fingerprint density at radius 1 is 1.09 bits per heavy atom. The Hall–Kier alpha value is -4.21. The molecule has 1 aliphatic heterocycles. The molecule has 1 N–H and O–H groups in total. The predicted octanol–water partition coefficient (Wildman–Crippen LogP) is 3.04. The standard InChI is InChI=1S/C23H22N4O6/c1-13(2)27-19(8-9-24-27)25-20(28)14(3)33-23(31)15-6-7-17-18(11-15)22(30)26(21(17)29)12-16-5-4-10-32-16/h4-11,13-14H,12H2,1-3H3,(H,25,28)/t14-/m0/s1. The summed E-state index contributed by atoms with van der Waals surface area (Å²) < 4.78 is 12.1. The molecule has 0 saturated carbocycles. The molecule has 10 nitrogen and oxygen atoms in total. The lowest BCUT2D eigenvalue weighted by Crippen LogP contribution is -2.31. The van der Waals surface area contributed by atoms with Gasteiger partial charge < -0.3 is 14.5 Å². The molecule has 3 amide bonds. The summed E-state index contributed by atoms with van der Waals surface area (Å²) in [5.74, 6) is -1.38. The minimum atomic E-state index is -1.10. The number of furan rings is 1. The number of fused-ring (bicyclic) bond motifs is 1. The number of rotatable bonds is 7. The topological polar surface area (TPSA) is 124 Å². The van der Waals surface area contributed by atoms with Gasteiger partial charge in [0.15, 0.2) is 6.10 Å².